The van der Waals surface area contributed by atoms with Gasteiger partial charge in [0.25, 0.3) is 0 Å². The molecule has 2 aromatic heterocycles. The van der Waals surface area contributed by atoms with Gasteiger partial charge in [0, 0.05) is 34.7 Å². The lowest BCUT2D eigenvalue weighted by Crippen LogP contribution is -1.99. The van der Waals surface area contributed by atoms with E-state index >= 15 is 0 Å². The number of hydrogen-bond acceptors (Lipinski definition) is 2. The minimum absolute atomic E-state index is 0.133. The maximum Gasteiger partial charge on any atom is 0.197 e. The number of halogens is 3. The molecule has 0 spiro atoms. The van der Waals surface area contributed by atoms with Gasteiger partial charge in [-0.25, -0.2) is 0 Å². The van der Waals surface area contributed by atoms with Crippen molar-refractivity contribution < 1.29 is 4.79 Å². The molecule has 1 aromatic carbocycles. The monoisotopic (exact) mass is 343 g/mol. The number of ketones is 1. The van der Waals surface area contributed by atoms with E-state index in [-0.39, 0.29) is 5.78 Å². The fourth-order valence-corrected chi connectivity index (χ4v) is 3.80. The molecular formula is C14H8Cl3NOS. The van der Waals surface area contributed by atoms with Crippen molar-refractivity contribution in [1.29, 1.82) is 0 Å². The Hall–Kier alpha value is -1.00. The largest absolute Gasteiger partial charge is 0.350 e. The van der Waals surface area contributed by atoms with Gasteiger partial charge in [-0.2, -0.15) is 0 Å². The predicted octanol–water partition coefficient (Wildman–Crippen LogP) is 5.43. The van der Waals surface area contributed by atoms with Gasteiger partial charge in [-0.15, -0.1) is 11.3 Å². The summed E-state index contributed by atoms with van der Waals surface area (Å²) in [4.78, 5) is 12.6. The van der Waals surface area contributed by atoms with E-state index < -0.39 is 0 Å². The first-order chi connectivity index (χ1) is 9.47. The molecule has 6 heteroatoms. The molecule has 0 bridgehead atoms. The van der Waals surface area contributed by atoms with Crippen molar-refractivity contribution in [3.8, 4) is 0 Å². The van der Waals surface area contributed by atoms with Crippen LogP contribution in [-0.4, -0.2) is 10.4 Å². The van der Waals surface area contributed by atoms with Crippen LogP contribution < -0.4 is 0 Å². The number of rotatable bonds is 2. The van der Waals surface area contributed by atoms with Crippen molar-refractivity contribution in [2.24, 2.45) is 7.05 Å². The zero-order valence-electron chi connectivity index (χ0n) is 10.3. The van der Waals surface area contributed by atoms with Gasteiger partial charge in [0.15, 0.2) is 5.78 Å². The van der Waals surface area contributed by atoms with Crippen molar-refractivity contribution in [1.82, 2.24) is 4.57 Å². The third-order valence-corrected chi connectivity index (χ3v) is 4.82. The summed E-state index contributed by atoms with van der Waals surface area (Å²) in [5, 5.41) is 1.48. The summed E-state index contributed by atoms with van der Waals surface area (Å²) in [6.45, 7) is 0. The molecule has 0 aliphatic heterocycles. The molecule has 102 valence electrons. The van der Waals surface area contributed by atoms with E-state index in [1.807, 2.05) is 23.7 Å². The summed E-state index contributed by atoms with van der Waals surface area (Å²) >= 11 is 19.1. The molecule has 0 aliphatic rings. The van der Waals surface area contributed by atoms with Crippen molar-refractivity contribution in [2.45, 2.75) is 0 Å². The first kappa shape index (κ1) is 14.0. The molecule has 2 nitrogen and oxygen atoms in total. The lowest BCUT2D eigenvalue weighted by molar-refractivity contribution is 0.104. The zero-order chi connectivity index (χ0) is 14.4. The second-order valence-corrected chi connectivity index (χ2v) is 7.10. The van der Waals surface area contributed by atoms with Crippen molar-refractivity contribution in [3.63, 3.8) is 0 Å². The Labute approximate surface area is 134 Å². The van der Waals surface area contributed by atoms with E-state index in [1.54, 1.807) is 18.3 Å². The summed E-state index contributed by atoms with van der Waals surface area (Å²) in [7, 11) is 1.87. The van der Waals surface area contributed by atoms with Crippen LogP contribution >= 0.6 is 46.1 Å². The third kappa shape index (κ3) is 2.25. The molecule has 20 heavy (non-hydrogen) atoms. The predicted molar refractivity (Wildman–Crippen MR) is 85.7 cm³/mol. The number of benzene rings is 1. The lowest BCUT2D eigenvalue weighted by Gasteiger charge is -1.98. The number of carbonyl (C=O) groups excluding carboxylic acids is 1. The fourth-order valence-electron chi connectivity index (χ4n) is 2.18. The van der Waals surface area contributed by atoms with E-state index in [1.165, 1.54) is 11.3 Å². The minimum atomic E-state index is -0.133. The number of nitrogens with zero attached hydrogens (tertiary/aromatic N) is 1. The zero-order valence-corrected chi connectivity index (χ0v) is 13.4. The Morgan fingerprint density at radius 3 is 2.55 bits per heavy atom. The SMILES string of the molecule is Cn1cc(C(=O)c2cc(Cl)sc2Cl)c2ccc(Cl)cc21. The Morgan fingerprint density at radius 2 is 1.90 bits per heavy atom. The Kier molecular flexibility index (Phi) is 3.55. The molecule has 3 aromatic rings. The minimum Gasteiger partial charge on any atom is -0.350 e. The highest BCUT2D eigenvalue weighted by Crippen LogP contribution is 2.34. The molecule has 0 N–H and O–H groups in total. The maximum absolute atomic E-state index is 12.6. The highest BCUT2D eigenvalue weighted by Gasteiger charge is 2.20. The summed E-state index contributed by atoms with van der Waals surface area (Å²) in [6.07, 6.45) is 1.78. The van der Waals surface area contributed by atoms with E-state index in [0.29, 0.717) is 24.8 Å². The molecule has 3 rings (SSSR count). The van der Waals surface area contributed by atoms with Gasteiger partial charge in [0.2, 0.25) is 0 Å². The molecule has 2 heterocycles. The molecule has 0 aliphatic carbocycles. The number of hydrogen-bond donors (Lipinski definition) is 0. The average molecular weight is 345 g/mol. The molecule has 0 fully saturated rings. The van der Waals surface area contributed by atoms with Crippen molar-refractivity contribution in [3.05, 3.63) is 55.3 Å². The second kappa shape index (κ2) is 5.08. The molecule has 0 radical (unpaired) electrons. The van der Waals surface area contributed by atoms with Crippen LogP contribution in [0.4, 0.5) is 0 Å². The molecule has 0 saturated heterocycles. The quantitative estimate of drug-likeness (QED) is 0.568. The summed E-state index contributed by atoms with van der Waals surface area (Å²) in [5.41, 5.74) is 1.93. The van der Waals surface area contributed by atoms with E-state index in [4.69, 9.17) is 34.8 Å². The molecular weight excluding hydrogens is 337 g/mol. The third-order valence-electron chi connectivity index (χ3n) is 3.10. The lowest BCUT2D eigenvalue weighted by atomic mass is 10.1. The van der Waals surface area contributed by atoms with Crippen LogP contribution in [0.25, 0.3) is 10.9 Å². The van der Waals surface area contributed by atoms with E-state index in [2.05, 4.69) is 0 Å². The van der Waals surface area contributed by atoms with Gasteiger partial charge >= 0.3 is 0 Å². The number of carbonyl (C=O) groups is 1. The second-order valence-electron chi connectivity index (χ2n) is 4.38. The standard InChI is InChI=1S/C14H8Cl3NOS/c1-18-6-10(8-3-2-7(15)4-11(8)18)13(19)9-5-12(16)20-14(9)17/h2-6H,1H3. The Balaban J connectivity index is 2.20. The van der Waals surface area contributed by atoms with Crippen LogP contribution in [0.15, 0.2) is 30.5 Å². The summed E-state index contributed by atoms with van der Waals surface area (Å²) in [6, 6.07) is 7.04. The van der Waals surface area contributed by atoms with Gasteiger partial charge in [0.05, 0.1) is 9.90 Å². The molecule has 0 unspecified atom stereocenters. The number of fused-ring (bicyclic) bond motifs is 1. The number of aromatic nitrogens is 1. The van der Waals surface area contributed by atoms with Crippen LogP contribution in [0.3, 0.4) is 0 Å². The topological polar surface area (TPSA) is 22.0 Å². The smallest absolute Gasteiger partial charge is 0.197 e. The van der Waals surface area contributed by atoms with Gasteiger partial charge < -0.3 is 4.57 Å². The van der Waals surface area contributed by atoms with Gasteiger partial charge in [-0.1, -0.05) is 40.9 Å². The normalized spacial score (nSPS) is 11.2. The van der Waals surface area contributed by atoms with Crippen LogP contribution in [0, 0.1) is 0 Å². The maximum atomic E-state index is 12.6. The fraction of sp³-hybridized carbons (Fsp3) is 0.0714. The highest BCUT2D eigenvalue weighted by atomic mass is 35.5. The summed E-state index contributed by atoms with van der Waals surface area (Å²) < 4.78 is 2.78. The van der Waals surface area contributed by atoms with Gasteiger partial charge in [-0.3, -0.25) is 4.79 Å². The first-order valence-electron chi connectivity index (χ1n) is 5.71. The Bertz CT molecular complexity index is 834. The van der Waals surface area contributed by atoms with Crippen LogP contribution in [0.1, 0.15) is 15.9 Å². The highest BCUT2D eigenvalue weighted by molar-refractivity contribution is 7.20. The van der Waals surface area contributed by atoms with Crippen molar-refractivity contribution in [2.75, 3.05) is 0 Å². The molecule has 0 amide bonds. The van der Waals surface area contributed by atoms with Crippen molar-refractivity contribution >= 4 is 62.8 Å². The number of aryl methyl sites for hydroxylation is 1. The van der Waals surface area contributed by atoms with E-state index in [0.717, 1.165) is 10.9 Å². The average Bonchev–Trinajstić information content (AvgIpc) is 2.89. The molecule has 0 saturated carbocycles. The Morgan fingerprint density at radius 1 is 1.15 bits per heavy atom. The first-order valence-corrected chi connectivity index (χ1v) is 7.66. The summed E-state index contributed by atoms with van der Waals surface area (Å²) in [5.74, 6) is -0.133. The van der Waals surface area contributed by atoms with Crippen LogP contribution in [-0.2, 0) is 7.05 Å². The van der Waals surface area contributed by atoms with Gasteiger partial charge in [0.1, 0.15) is 4.34 Å². The molecule has 0 atom stereocenters. The van der Waals surface area contributed by atoms with Gasteiger partial charge in [-0.05, 0) is 18.2 Å². The van der Waals surface area contributed by atoms with Crippen LogP contribution in [0.5, 0.6) is 0 Å². The van der Waals surface area contributed by atoms with Crippen LogP contribution in [0.2, 0.25) is 13.7 Å². The van der Waals surface area contributed by atoms with E-state index in [9.17, 15) is 4.79 Å². The number of thiophene rings is 1.